The fourth-order valence-electron chi connectivity index (χ4n) is 10.0. The number of rotatable bonds is 12. The zero-order chi connectivity index (χ0) is 62.7. The van der Waals surface area contributed by atoms with Crippen molar-refractivity contribution in [2.75, 3.05) is 6.61 Å². The summed E-state index contributed by atoms with van der Waals surface area (Å²) in [5.41, 5.74) is 12.2. The van der Waals surface area contributed by atoms with Crippen molar-refractivity contribution in [3.8, 4) is 67.2 Å². The molecular formula is C68H56KN11O13. The molecule has 93 heavy (non-hydrogen) atoms. The van der Waals surface area contributed by atoms with E-state index in [0.717, 1.165) is 38.9 Å². The predicted octanol–water partition coefficient (Wildman–Crippen LogP) is 8.89. The van der Waals surface area contributed by atoms with Crippen LogP contribution in [0.5, 0.6) is 0 Å². The molecular weight excluding hydrogens is 1220 g/mol. The minimum absolute atomic E-state index is 0. The van der Waals surface area contributed by atoms with Gasteiger partial charge in [0.2, 0.25) is 0 Å². The van der Waals surface area contributed by atoms with Crippen LogP contribution >= 0.6 is 0 Å². The summed E-state index contributed by atoms with van der Waals surface area (Å²) in [6, 6.07) is 56.5. The van der Waals surface area contributed by atoms with Gasteiger partial charge in [0.05, 0.1) is 59.2 Å². The number of nitrogens with zero attached hydrogens (tertiary/aromatic N) is 8. The van der Waals surface area contributed by atoms with Gasteiger partial charge in [-0.15, -0.1) is 5.06 Å². The minimum Gasteiger partial charge on any atom is -0.870 e. The molecule has 4 amide bonds. The fourth-order valence-corrected chi connectivity index (χ4v) is 10.0. The van der Waals surface area contributed by atoms with Crippen LogP contribution in [-0.4, -0.2) is 119 Å². The summed E-state index contributed by atoms with van der Waals surface area (Å²) in [6.07, 6.45) is 5.02. The Morgan fingerprint density at radius 2 is 0.742 bits per heavy atom. The number of amides is 4. The summed E-state index contributed by atoms with van der Waals surface area (Å²) in [6.45, 7) is 1.99. The molecule has 12 aromatic rings. The molecule has 0 bridgehead atoms. The number of imide groups is 2. The summed E-state index contributed by atoms with van der Waals surface area (Å²) in [4.78, 5) is 133. The Kier molecular flexibility index (Phi) is 23.1. The maximum atomic E-state index is 13.2. The summed E-state index contributed by atoms with van der Waals surface area (Å²) >= 11 is 0. The Balaban J connectivity index is 0.000000167. The van der Waals surface area contributed by atoms with Crippen LogP contribution in [0.1, 0.15) is 71.5 Å². The van der Waals surface area contributed by atoms with Crippen LogP contribution < -0.4 is 51.4 Å². The van der Waals surface area contributed by atoms with Crippen molar-refractivity contribution in [1.82, 2.24) is 55.0 Å². The smallest absolute Gasteiger partial charge is 0.870 e. The van der Waals surface area contributed by atoms with Gasteiger partial charge in [-0.3, -0.25) is 29.3 Å². The van der Waals surface area contributed by atoms with Gasteiger partial charge in [0.1, 0.15) is 16.6 Å². The fraction of sp³-hybridized carbons (Fsp3) is 0.103. The number of carbonyl (C=O) groups is 7. The van der Waals surface area contributed by atoms with Gasteiger partial charge in [-0.2, -0.15) is 9.95 Å². The minimum atomic E-state index is -1.07. The van der Waals surface area contributed by atoms with Gasteiger partial charge in [0, 0.05) is 59.1 Å². The van der Waals surface area contributed by atoms with Gasteiger partial charge < -0.3 is 30.4 Å². The topological polar surface area (TPSA) is 349 Å². The van der Waals surface area contributed by atoms with Gasteiger partial charge >= 0.3 is 69.3 Å². The summed E-state index contributed by atoms with van der Waals surface area (Å²) < 4.78 is 0. The summed E-state index contributed by atoms with van der Waals surface area (Å²) in [5.74, 6) is -4.74. The molecule has 8 heterocycles. The standard InChI is InChI=1S/C23H16N4O4.C21H17N3O3.C19H13N3O2.C4H5NO3.CH4.K.H2O/c28-16-11-12-17(29)27(16)31-23(30)21-18(14-7-3-1-4-8-14)20-22(25-13-24-20)19(26-21)15-9-5-2-6-10-15;1-2-26-27-21(25)19-16(14-9-5-3-6-10-14)18-20(23-13-22-18)17(24-19)15-11-7-4-8-12-15;23-19(24)17-14(12-7-3-1-4-8-12)16-18(21-11-20-16)15(22-17)13-9-5-2-6-10-13;6-3-1-2-4(7)5(3)8;;;/h1-10,13H,11-12H2,(H,24,25);3-13H,2H2,1H3,(H,22,23);1-11H,(H,20,21)(H,23,24);8H,1-2H2;1H4;;1H2/q;;;;;+1;/p-1. The third-order valence-corrected chi connectivity index (χ3v) is 14.1. The van der Waals surface area contributed by atoms with Crippen LogP contribution in [0, 0.1) is 0 Å². The first-order valence-corrected chi connectivity index (χ1v) is 28.0. The monoisotopic (exact) mass is 1270 g/mol. The number of hydrogen-bond acceptors (Lipinski definition) is 18. The molecule has 0 aliphatic carbocycles. The zero-order valence-corrected chi connectivity index (χ0v) is 52.2. The van der Waals surface area contributed by atoms with Crippen LogP contribution in [0.3, 0.4) is 0 Å². The van der Waals surface area contributed by atoms with Crippen molar-refractivity contribution in [2.24, 2.45) is 0 Å². The Hall–Kier alpha value is -10.6. The van der Waals surface area contributed by atoms with Crippen LogP contribution in [0.15, 0.2) is 201 Å². The van der Waals surface area contributed by atoms with Crippen LogP contribution in [-0.2, 0) is 33.8 Å². The molecule has 2 aliphatic rings. The number of aromatic amines is 3. The molecule has 24 nitrogen and oxygen atoms in total. The molecule has 2 aliphatic heterocycles. The number of aromatic nitrogens is 9. The molecule has 0 saturated carbocycles. The van der Waals surface area contributed by atoms with Crippen molar-refractivity contribution in [1.29, 1.82) is 0 Å². The SMILES string of the molecule is C.CCOOC(=O)c1nc(-c2ccccc2)c2[nH]cnc2c1-c1ccccc1.O=C(O)c1nc(-c2ccccc2)c2[nH]cnc2c1-c1ccccc1.O=C(ON1C(=O)CCC1=O)c1nc(-c2ccccc2)c2[nH]cnc2c1-c1ccccc1.O=C1CCC(=O)N1O.[K+].[OH-]. The number of H-pyrrole nitrogens is 3. The second-order valence-electron chi connectivity index (χ2n) is 19.8. The average Bonchev–Trinajstić information content (AvgIpc) is 1.75. The molecule has 6 N–H and O–H groups in total. The van der Waals surface area contributed by atoms with Crippen molar-refractivity contribution >= 4 is 74.6 Å². The van der Waals surface area contributed by atoms with Gasteiger partial charge in [-0.1, -0.05) is 189 Å². The number of benzene rings is 6. The Morgan fingerprint density at radius 1 is 0.452 bits per heavy atom. The Bertz CT molecular complexity index is 4600. The van der Waals surface area contributed by atoms with Crippen LogP contribution in [0.4, 0.5) is 0 Å². The van der Waals surface area contributed by atoms with E-state index in [-0.39, 0.29) is 119 Å². The predicted molar refractivity (Wildman–Crippen MR) is 336 cm³/mol. The van der Waals surface area contributed by atoms with E-state index in [1.807, 2.05) is 182 Å². The molecule has 2 fully saturated rings. The number of hydroxylamine groups is 4. The van der Waals surface area contributed by atoms with Crippen molar-refractivity contribution in [3.63, 3.8) is 0 Å². The number of carbonyl (C=O) groups excluding carboxylic acids is 6. The number of carboxylic acid groups (broad SMARTS) is 1. The molecule has 25 heteroatoms. The third-order valence-electron chi connectivity index (χ3n) is 14.1. The number of aromatic carboxylic acids is 1. The van der Waals surface area contributed by atoms with E-state index >= 15 is 0 Å². The number of carboxylic acids is 1. The first kappa shape index (κ1) is 68.3. The van der Waals surface area contributed by atoms with Crippen LogP contribution in [0.2, 0.25) is 0 Å². The normalized spacial score (nSPS) is 12.3. The van der Waals surface area contributed by atoms with Gasteiger partial charge in [-0.05, 0) is 23.6 Å². The molecule has 6 aromatic heterocycles. The molecule has 0 atom stereocenters. The van der Waals surface area contributed by atoms with E-state index in [1.54, 1.807) is 19.6 Å². The first-order chi connectivity index (χ1) is 43.9. The largest absolute Gasteiger partial charge is 1.00 e. The van der Waals surface area contributed by atoms with Gasteiger partial charge in [0.25, 0.3) is 23.6 Å². The number of hydrogen-bond donors (Lipinski definition) is 5. The molecule has 0 radical (unpaired) electrons. The van der Waals surface area contributed by atoms with E-state index in [0.29, 0.717) is 66.5 Å². The maximum Gasteiger partial charge on any atom is 1.00 e. The second-order valence-corrected chi connectivity index (χ2v) is 19.8. The van der Waals surface area contributed by atoms with E-state index in [9.17, 15) is 38.7 Å². The van der Waals surface area contributed by atoms with Crippen LogP contribution in [0.25, 0.3) is 100 Å². The average molecular weight is 1270 g/mol. The maximum absolute atomic E-state index is 13.2. The molecule has 14 rings (SSSR count). The van der Waals surface area contributed by atoms with E-state index in [4.69, 9.17) is 19.8 Å². The molecule has 462 valence electrons. The van der Waals surface area contributed by atoms with Crippen molar-refractivity contribution in [3.05, 3.63) is 218 Å². The zero-order valence-electron chi connectivity index (χ0n) is 49.1. The first-order valence-electron chi connectivity index (χ1n) is 28.0. The molecule has 0 spiro atoms. The number of pyridine rings is 3. The molecule has 2 saturated heterocycles. The van der Waals surface area contributed by atoms with Gasteiger partial charge in [0.15, 0.2) is 17.1 Å². The number of nitrogens with one attached hydrogen (secondary N) is 3. The summed E-state index contributed by atoms with van der Waals surface area (Å²) in [5, 5.41) is 18.8. The second kappa shape index (κ2) is 31.4. The van der Waals surface area contributed by atoms with E-state index in [1.165, 1.54) is 6.33 Å². The number of imidazole rings is 3. The quantitative estimate of drug-likeness (QED) is 0.0250. The molecule has 6 aromatic carbocycles. The Morgan fingerprint density at radius 3 is 1.04 bits per heavy atom. The Labute approximate surface area is 572 Å². The van der Waals surface area contributed by atoms with Crippen molar-refractivity contribution in [2.45, 2.75) is 40.0 Å². The van der Waals surface area contributed by atoms with E-state index < -0.39 is 41.5 Å². The molecule has 0 unspecified atom stereocenters. The summed E-state index contributed by atoms with van der Waals surface area (Å²) in [7, 11) is 0. The van der Waals surface area contributed by atoms with E-state index in [2.05, 4.69) is 44.9 Å². The number of fused-ring (bicyclic) bond motifs is 3. The van der Waals surface area contributed by atoms with Crippen molar-refractivity contribution < 1.29 is 115 Å². The third kappa shape index (κ3) is 14.9. The van der Waals surface area contributed by atoms with Gasteiger partial charge in [-0.25, -0.2) is 44.3 Å².